The molecule has 0 unspecified atom stereocenters. The van der Waals surface area contributed by atoms with Crippen LogP contribution in [0.2, 0.25) is 0 Å². The van der Waals surface area contributed by atoms with Gasteiger partial charge in [0.25, 0.3) is 0 Å². The predicted octanol–water partition coefficient (Wildman–Crippen LogP) is 0.929. The van der Waals surface area contributed by atoms with Crippen molar-refractivity contribution in [3.05, 3.63) is 42.7 Å². The van der Waals surface area contributed by atoms with E-state index < -0.39 is 21.5 Å². The van der Waals surface area contributed by atoms with Gasteiger partial charge in [0.2, 0.25) is 15.7 Å². The molecule has 2 aromatic heterocycles. The highest BCUT2D eigenvalue weighted by molar-refractivity contribution is 7.92. The zero-order chi connectivity index (χ0) is 13.5. The Morgan fingerprint density at radius 3 is 2.58 bits per heavy atom. The molecule has 0 atom stereocenters. The third-order valence-corrected chi connectivity index (χ3v) is 4.26. The molecule has 6 nitrogen and oxygen atoms in total. The van der Waals surface area contributed by atoms with Crippen molar-refractivity contribution in [3.63, 3.8) is 0 Å². The third-order valence-electron chi connectivity index (χ3n) is 2.73. The molecule has 1 aliphatic heterocycles. The van der Waals surface area contributed by atoms with Crippen LogP contribution in [0.5, 0.6) is 0 Å². The molecule has 2 aromatic rings. The maximum Gasteiger partial charge on any atom is 0.248 e. The molecule has 7 heteroatoms. The second-order valence-electron chi connectivity index (χ2n) is 4.00. The zero-order valence-corrected chi connectivity index (χ0v) is 10.5. The fourth-order valence-corrected chi connectivity index (χ4v) is 3.25. The highest BCUT2D eigenvalue weighted by Crippen LogP contribution is 2.33. The highest BCUT2D eigenvalue weighted by Gasteiger charge is 2.36. The number of pyridine rings is 2. The van der Waals surface area contributed by atoms with Crippen LogP contribution in [0.4, 0.5) is 11.5 Å². The largest absolute Gasteiger partial charge is 0.273 e. The summed E-state index contributed by atoms with van der Waals surface area (Å²) in [5, 5.41) is -0.0831. The van der Waals surface area contributed by atoms with E-state index in [1.54, 1.807) is 36.5 Å². The molecule has 0 N–H and O–H groups in total. The summed E-state index contributed by atoms with van der Waals surface area (Å²) in [4.78, 5) is 21.3. The Hall–Kier alpha value is -2.28. The Balaban J connectivity index is 2.25. The van der Waals surface area contributed by atoms with Crippen LogP contribution >= 0.6 is 0 Å². The summed E-state index contributed by atoms with van der Waals surface area (Å²) >= 11 is 0. The lowest BCUT2D eigenvalue weighted by atomic mass is 10.3. The van der Waals surface area contributed by atoms with Crippen LogP contribution in [0.25, 0.3) is 0 Å². The first-order valence-corrected chi connectivity index (χ1v) is 7.16. The summed E-state index contributed by atoms with van der Waals surface area (Å²) in [6, 6.07) is 8.23. The number of sulfone groups is 1. The van der Waals surface area contributed by atoms with E-state index in [0.717, 1.165) is 0 Å². The summed E-state index contributed by atoms with van der Waals surface area (Å²) in [5.41, 5.74) is 0.248. The van der Waals surface area contributed by atoms with Gasteiger partial charge in [0.15, 0.2) is 5.03 Å². The van der Waals surface area contributed by atoms with Crippen molar-refractivity contribution < 1.29 is 13.2 Å². The van der Waals surface area contributed by atoms with Gasteiger partial charge in [-0.1, -0.05) is 6.07 Å². The molecule has 0 bridgehead atoms. The monoisotopic (exact) mass is 275 g/mol. The Morgan fingerprint density at radius 1 is 1.05 bits per heavy atom. The van der Waals surface area contributed by atoms with E-state index >= 15 is 0 Å². The number of rotatable bonds is 1. The number of aromatic nitrogens is 2. The molecule has 3 rings (SSSR count). The molecule has 3 heterocycles. The molecule has 0 spiro atoms. The minimum atomic E-state index is -3.66. The lowest BCUT2D eigenvalue weighted by Crippen LogP contribution is -2.38. The van der Waals surface area contributed by atoms with Gasteiger partial charge in [-0.3, -0.25) is 9.69 Å². The van der Waals surface area contributed by atoms with Crippen molar-refractivity contribution in [2.75, 3.05) is 10.7 Å². The highest BCUT2D eigenvalue weighted by atomic mass is 32.2. The first-order valence-electron chi connectivity index (χ1n) is 5.51. The summed E-state index contributed by atoms with van der Waals surface area (Å²) in [5.74, 6) is -0.732. The number of nitrogens with zero attached hydrogens (tertiary/aromatic N) is 3. The average molecular weight is 275 g/mol. The van der Waals surface area contributed by atoms with Crippen molar-refractivity contribution in [2.24, 2.45) is 0 Å². The second-order valence-corrected chi connectivity index (χ2v) is 5.91. The molecular weight excluding hydrogens is 266 g/mol. The molecule has 0 aromatic carbocycles. The quantitative estimate of drug-likeness (QED) is 0.773. The molecule has 96 valence electrons. The van der Waals surface area contributed by atoms with Gasteiger partial charge in [-0.2, -0.15) is 0 Å². The van der Waals surface area contributed by atoms with Crippen LogP contribution in [0, 0.1) is 0 Å². The van der Waals surface area contributed by atoms with Crippen LogP contribution in [0.1, 0.15) is 0 Å². The van der Waals surface area contributed by atoms with Gasteiger partial charge in [0, 0.05) is 12.4 Å². The summed E-state index contributed by atoms with van der Waals surface area (Å²) in [6.45, 7) is 0. The van der Waals surface area contributed by atoms with Crippen molar-refractivity contribution in [1.29, 1.82) is 0 Å². The van der Waals surface area contributed by atoms with Crippen LogP contribution in [0.15, 0.2) is 47.8 Å². The van der Waals surface area contributed by atoms with E-state index in [0.29, 0.717) is 5.82 Å². The van der Waals surface area contributed by atoms with Crippen molar-refractivity contribution in [1.82, 2.24) is 9.97 Å². The van der Waals surface area contributed by atoms with E-state index in [-0.39, 0.29) is 10.7 Å². The van der Waals surface area contributed by atoms with Gasteiger partial charge in [0.05, 0.1) is 5.69 Å². The van der Waals surface area contributed by atoms with Crippen molar-refractivity contribution in [3.8, 4) is 0 Å². The molecule has 0 radical (unpaired) electrons. The van der Waals surface area contributed by atoms with Crippen LogP contribution in [-0.2, 0) is 14.6 Å². The number of fused-ring (bicyclic) bond motifs is 1. The minimum Gasteiger partial charge on any atom is -0.273 e. The Labute approximate surface area is 109 Å². The van der Waals surface area contributed by atoms with E-state index in [1.807, 2.05) is 0 Å². The number of hydrogen-bond acceptors (Lipinski definition) is 5. The fraction of sp³-hybridized carbons (Fsp3) is 0.0833. The minimum absolute atomic E-state index is 0.0831. The predicted molar refractivity (Wildman–Crippen MR) is 67.7 cm³/mol. The van der Waals surface area contributed by atoms with E-state index in [4.69, 9.17) is 0 Å². The Morgan fingerprint density at radius 2 is 1.84 bits per heavy atom. The van der Waals surface area contributed by atoms with Gasteiger partial charge < -0.3 is 0 Å². The van der Waals surface area contributed by atoms with Gasteiger partial charge in [0.1, 0.15) is 11.6 Å². The molecule has 0 saturated carbocycles. The first kappa shape index (κ1) is 11.8. The Bertz CT molecular complexity index is 744. The standard InChI is InChI=1S/C12H9N3O3S/c16-11-8-19(17,18)12-9(4-3-7-14-12)15(11)10-5-1-2-6-13-10/h1-7H,8H2. The topological polar surface area (TPSA) is 80.2 Å². The molecule has 19 heavy (non-hydrogen) atoms. The molecular formula is C12H9N3O3S. The maximum absolute atomic E-state index is 12.1. The average Bonchev–Trinajstić information content (AvgIpc) is 2.39. The number of carbonyl (C=O) groups excluding carboxylic acids is 1. The van der Waals surface area contributed by atoms with Gasteiger partial charge in [-0.15, -0.1) is 0 Å². The van der Waals surface area contributed by atoms with Gasteiger partial charge in [-0.25, -0.2) is 18.4 Å². The summed E-state index contributed by atoms with van der Waals surface area (Å²) in [7, 11) is -3.66. The van der Waals surface area contributed by atoms with Crippen molar-refractivity contribution >= 4 is 27.2 Å². The smallest absolute Gasteiger partial charge is 0.248 e. The number of hydrogen-bond donors (Lipinski definition) is 0. The van der Waals surface area contributed by atoms with Gasteiger partial charge >= 0.3 is 0 Å². The molecule has 0 aliphatic carbocycles. The zero-order valence-electron chi connectivity index (χ0n) is 9.72. The summed E-state index contributed by atoms with van der Waals surface area (Å²) in [6.07, 6.45) is 2.94. The summed E-state index contributed by atoms with van der Waals surface area (Å²) < 4.78 is 23.9. The van der Waals surface area contributed by atoms with Crippen LogP contribution in [-0.4, -0.2) is 30.0 Å². The number of amides is 1. The van der Waals surface area contributed by atoms with E-state index in [1.165, 1.54) is 11.1 Å². The van der Waals surface area contributed by atoms with E-state index in [9.17, 15) is 13.2 Å². The maximum atomic E-state index is 12.1. The van der Waals surface area contributed by atoms with Gasteiger partial charge in [-0.05, 0) is 24.3 Å². The molecule has 0 fully saturated rings. The SMILES string of the molecule is O=C1CS(=O)(=O)c2ncccc2N1c1ccccn1. The van der Waals surface area contributed by atoms with E-state index in [2.05, 4.69) is 9.97 Å². The molecule has 1 amide bonds. The first-order chi connectivity index (χ1) is 9.09. The lowest BCUT2D eigenvalue weighted by Gasteiger charge is -2.27. The number of anilines is 2. The lowest BCUT2D eigenvalue weighted by molar-refractivity contribution is -0.115. The van der Waals surface area contributed by atoms with Crippen LogP contribution < -0.4 is 4.90 Å². The Kier molecular flexibility index (Phi) is 2.56. The normalized spacial score (nSPS) is 17.1. The van der Waals surface area contributed by atoms with Crippen molar-refractivity contribution in [2.45, 2.75) is 5.03 Å². The van der Waals surface area contributed by atoms with Crippen LogP contribution in [0.3, 0.4) is 0 Å². The second kappa shape index (κ2) is 4.13. The fourth-order valence-electron chi connectivity index (χ4n) is 1.96. The molecule has 0 saturated heterocycles. The molecule has 1 aliphatic rings. The third kappa shape index (κ3) is 1.88. The number of carbonyl (C=O) groups is 1.